The summed E-state index contributed by atoms with van der Waals surface area (Å²) in [5.74, 6) is -1.01. The molecule has 144 valence electrons. The first-order valence-corrected chi connectivity index (χ1v) is 7.43. The molecule has 7 nitrogen and oxygen atoms in total. The van der Waals surface area contributed by atoms with E-state index in [2.05, 4.69) is 0 Å². The number of amides is 2. The second-order valence-corrected chi connectivity index (χ2v) is 8.11. The van der Waals surface area contributed by atoms with Crippen molar-refractivity contribution in [2.75, 3.05) is 0 Å². The third kappa shape index (κ3) is 57.7. The summed E-state index contributed by atoms with van der Waals surface area (Å²) in [5.41, 5.74) is -1.50. The zero-order chi connectivity index (χ0) is 19.6. The van der Waals surface area contributed by atoms with Crippen molar-refractivity contribution in [3.8, 4) is 0 Å². The molecular formula is C16H35NO6Ti. The van der Waals surface area contributed by atoms with E-state index in [1.807, 2.05) is 0 Å². The first-order chi connectivity index (χ1) is 9.72. The van der Waals surface area contributed by atoms with Gasteiger partial charge in [0.05, 0.1) is 16.8 Å². The molecule has 2 amide bonds. The largest absolute Gasteiger partial charge is 0.391 e. The molecule has 1 heterocycles. The summed E-state index contributed by atoms with van der Waals surface area (Å²) in [4.78, 5) is 20.5. The van der Waals surface area contributed by atoms with Crippen LogP contribution in [0.1, 0.15) is 75.2 Å². The molecule has 24 heavy (non-hydrogen) atoms. The summed E-state index contributed by atoms with van der Waals surface area (Å²) >= 11 is 0. The average molecular weight is 385 g/mol. The van der Waals surface area contributed by atoms with Crippen molar-refractivity contribution in [1.29, 1.82) is 0 Å². The van der Waals surface area contributed by atoms with Crippen molar-refractivity contribution in [3.05, 3.63) is 0 Å². The third-order valence-corrected chi connectivity index (χ3v) is 1.03. The Labute approximate surface area is 160 Å². The van der Waals surface area contributed by atoms with Crippen LogP contribution in [0, 0.1) is 0 Å². The Balaban J connectivity index is -0.000000113. The standard InChI is InChI=1S/C4H5NO3.3C4H10O.Ti/c6-3-1-2-4(7)5(3)8;3*1-4(2,3)5;/h8H,1-2H2;3*5H,1-3H3;. The van der Waals surface area contributed by atoms with Crippen LogP contribution in [0.25, 0.3) is 0 Å². The van der Waals surface area contributed by atoms with Gasteiger partial charge in [0.1, 0.15) is 0 Å². The molecule has 8 heteroatoms. The van der Waals surface area contributed by atoms with Gasteiger partial charge in [-0.1, -0.05) is 0 Å². The molecule has 1 fully saturated rings. The third-order valence-electron chi connectivity index (χ3n) is 1.03. The Morgan fingerprint density at radius 1 is 0.667 bits per heavy atom. The van der Waals surface area contributed by atoms with Gasteiger partial charge in [0.2, 0.25) is 0 Å². The van der Waals surface area contributed by atoms with E-state index in [0.29, 0.717) is 0 Å². The Kier molecular flexibility index (Phi) is 17.0. The Morgan fingerprint density at radius 2 is 0.792 bits per heavy atom. The monoisotopic (exact) mass is 385 g/mol. The maximum atomic E-state index is 10.2. The summed E-state index contributed by atoms with van der Waals surface area (Å²) in [6, 6.07) is 0. The molecular weight excluding hydrogens is 350 g/mol. The van der Waals surface area contributed by atoms with Crippen LogP contribution in [0.4, 0.5) is 0 Å². The summed E-state index contributed by atoms with van der Waals surface area (Å²) in [6.07, 6.45) is 0.296. The number of hydrogen-bond donors (Lipinski definition) is 4. The second kappa shape index (κ2) is 13.0. The molecule has 1 aliphatic rings. The van der Waals surface area contributed by atoms with Gasteiger partial charge in [-0.2, -0.15) is 5.06 Å². The summed E-state index contributed by atoms with van der Waals surface area (Å²) in [7, 11) is 0. The van der Waals surface area contributed by atoms with Gasteiger partial charge in [0.15, 0.2) is 0 Å². The van der Waals surface area contributed by atoms with Crippen LogP contribution >= 0.6 is 0 Å². The minimum absolute atomic E-state index is 0. The maximum absolute atomic E-state index is 10.2. The van der Waals surface area contributed by atoms with Crippen molar-refractivity contribution in [2.24, 2.45) is 0 Å². The van der Waals surface area contributed by atoms with E-state index in [9.17, 15) is 9.59 Å². The molecule has 0 radical (unpaired) electrons. The van der Waals surface area contributed by atoms with E-state index in [4.69, 9.17) is 20.5 Å². The average Bonchev–Trinajstić information content (AvgIpc) is 2.41. The molecule has 0 saturated carbocycles. The summed E-state index contributed by atoms with van der Waals surface area (Å²) in [6.45, 7) is 15.7. The first kappa shape index (κ1) is 31.5. The predicted molar refractivity (Wildman–Crippen MR) is 88.8 cm³/mol. The zero-order valence-electron chi connectivity index (χ0n) is 16.5. The SMILES string of the molecule is CC(C)(C)O.CC(C)(C)O.CC(C)(C)O.O=C1CCC(=O)N1O.[Ti]. The Hall–Kier alpha value is -0.306. The molecule has 1 saturated heterocycles. The predicted octanol–water partition coefficient (Wildman–Crippen LogP) is 1.85. The molecule has 0 atom stereocenters. The first-order valence-electron chi connectivity index (χ1n) is 7.43. The van der Waals surface area contributed by atoms with E-state index in [0.717, 1.165) is 0 Å². The van der Waals surface area contributed by atoms with Crippen molar-refractivity contribution >= 4 is 11.8 Å². The Bertz CT molecular complexity index is 291. The van der Waals surface area contributed by atoms with E-state index in [-0.39, 0.29) is 39.6 Å². The normalized spacial score (nSPS) is 14.3. The molecule has 0 aromatic heterocycles. The number of imide groups is 1. The zero-order valence-corrected chi connectivity index (χ0v) is 18.0. The molecule has 1 rings (SSSR count). The van der Waals surface area contributed by atoms with E-state index >= 15 is 0 Å². The second-order valence-electron chi connectivity index (χ2n) is 8.11. The van der Waals surface area contributed by atoms with Crippen molar-refractivity contribution < 1.29 is 51.8 Å². The fourth-order valence-corrected chi connectivity index (χ4v) is 0.565. The summed E-state index contributed by atoms with van der Waals surface area (Å²) < 4.78 is 0. The number of hydroxylamine groups is 2. The minimum atomic E-state index is -0.505. The quantitative estimate of drug-likeness (QED) is 0.287. The molecule has 0 bridgehead atoms. The molecule has 0 aromatic rings. The van der Waals surface area contributed by atoms with Crippen LogP contribution in [0.15, 0.2) is 0 Å². The van der Waals surface area contributed by atoms with Gasteiger partial charge < -0.3 is 15.3 Å². The fourth-order valence-electron chi connectivity index (χ4n) is 0.565. The van der Waals surface area contributed by atoms with E-state index < -0.39 is 28.6 Å². The molecule has 1 aliphatic heterocycles. The smallest absolute Gasteiger partial charge is 0.253 e. The van der Waals surface area contributed by atoms with Crippen LogP contribution in [0.3, 0.4) is 0 Å². The molecule has 0 aliphatic carbocycles. The molecule has 0 aromatic carbocycles. The van der Waals surface area contributed by atoms with Crippen LogP contribution < -0.4 is 0 Å². The van der Waals surface area contributed by atoms with Crippen molar-refractivity contribution in [1.82, 2.24) is 5.06 Å². The number of hydrogen-bond acceptors (Lipinski definition) is 6. The van der Waals surface area contributed by atoms with Crippen molar-refractivity contribution in [2.45, 2.75) is 92.0 Å². The van der Waals surface area contributed by atoms with Crippen LogP contribution in [-0.4, -0.2) is 54.2 Å². The number of aliphatic hydroxyl groups is 3. The van der Waals surface area contributed by atoms with Gasteiger partial charge in [-0.15, -0.1) is 0 Å². The number of carbonyl (C=O) groups excluding carboxylic acids is 2. The molecule has 4 N–H and O–H groups in total. The number of rotatable bonds is 0. The van der Waals surface area contributed by atoms with Crippen LogP contribution in [0.5, 0.6) is 0 Å². The van der Waals surface area contributed by atoms with Crippen LogP contribution in [-0.2, 0) is 31.3 Å². The Morgan fingerprint density at radius 3 is 0.833 bits per heavy atom. The van der Waals surface area contributed by atoms with Gasteiger partial charge >= 0.3 is 0 Å². The fraction of sp³-hybridized carbons (Fsp3) is 0.875. The number of nitrogens with zero attached hydrogens (tertiary/aromatic N) is 1. The van der Waals surface area contributed by atoms with Gasteiger partial charge in [0.25, 0.3) is 11.8 Å². The maximum Gasteiger partial charge on any atom is 0.253 e. The van der Waals surface area contributed by atoms with Crippen molar-refractivity contribution in [3.63, 3.8) is 0 Å². The van der Waals surface area contributed by atoms with Gasteiger partial charge in [-0.25, -0.2) is 0 Å². The van der Waals surface area contributed by atoms with Gasteiger partial charge in [-0.3, -0.25) is 14.8 Å². The van der Waals surface area contributed by atoms with E-state index in [1.54, 1.807) is 62.3 Å². The topological polar surface area (TPSA) is 118 Å². The van der Waals surface area contributed by atoms with Crippen LogP contribution in [0.2, 0.25) is 0 Å². The summed E-state index contributed by atoms with van der Waals surface area (Å²) in [5, 5.41) is 34.1. The molecule has 0 unspecified atom stereocenters. The van der Waals surface area contributed by atoms with Gasteiger partial charge in [-0.05, 0) is 62.3 Å². The number of carbonyl (C=O) groups is 2. The van der Waals surface area contributed by atoms with E-state index in [1.165, 1.54) is 0 Å². The molecule has 0 spiro atoms. The van der Waals surface area contributed by atoms with Gasteiger partial charge in [0, 0.05) is 34.6 Å². The minimum Gasteiger partial charge on any atom is -0.391 e.